The summed E-state index contributed by atoms with van der Waals surface area (Å²) in [5.41, 5.74) is 7.20. The van der Waals surface area contributed by atoms with E-state index in [0.717, 1.165) is 10.9 Å². The predicted molar refractivity (Wildman–Crippen MR) is 84.1 cm³/mol. The Labute approximate surface area is 126 Å². The number of hydrogen-bond donors (Lipinski definition) is 1. The first kappa shape index (κ1) is 13.5. The monoisotopic (exact) mass is 298 g/mol. The second-order valence-corrected chi connectivity index (χ2v) is 4.89. The van der Waals surface area contributed by atoms with Gasteiger partial charge < -0.3 is 10.5 Å². The minimum atomic E-state index is -0.322. The Morgan fingerprint density at radius 3 is 2.52 bits per heavy atom. The summed E-state index contributed by atoms with van der Waals surface area (Å²) in [4.78, 5) is 4.68. The van der Waals surface area contributed by atoms with Gasteiger partial charge in [-0.25, -0.2) is 9.37 Å². The number of benzene rings is 2. The van der Waals surface area contributed by atoms with Crippen LogP contribution in [0.1, 0.15) is 5.56 Å². The van der Waals surface area contributed by atoms with E-state index in [1.807, 2.05) is 24.3 Å². The van der Waals surface area contributed by atoms with Gasteiger partial charge in [0.1, 0.15) is 16.6 Å². The maximum absolute atomic E-state index is 12.9. The summed E-state index contributed by atoms with van der Waals surface area (Å²) < 4.78 is 18.5. The van der Waals surface area contributed by atoms with E-state index in [1.54, 1.807) is 6.07 Å². The predicted octanol–water partition coefficient (Wildman–Crippen LogP) is 3.80. The van der Waals surface area contributed by atoms with Crippen LogP contribution < -0.4 is 10.5 Å². The maximum atomic E-state index is 12.9. The Kier molecular flexibility index (Phi) is 3.50. The van der Waals surface area contributed by atoms with Crippen molar-refractivity contribution in [1.82, 2.24) is 4.98 Å². The van der Waals surface area contributed by atoms with Crippen LogP contribution in [-0.4, -0.2) is 9.97 Å². The van der Waals surface area contributed by atoms with Crippen LogP contribution in [0.5, 0.6) is 11.6 Å². The van der Waals surface area contributed by atoms with Gasteiger partial charge >= 0.3 is 0 Å². The summed E-state index contributed by atoms with van der Waals surface area (Å²) in [5.74, 6) is 0.536. The highest BCUT2D eigenvalue weighted by atomic mass is 32.1. The molecule has 0 fully saturated rings. The number of halogens is 1. The first-order valence-corrected chi connectivity index (χ1v) is 6.67. The molecule has 0 unspecified atom stereocenters. The third-order valence-electron chi connectivity index (χ3n) is 2.99. The van der Waals surface area contributed by atoms with Crippen LogP contribution in [-0.2, 0) is 0 Å². The summed E-state index contributed by atoms with van der Waals surface area (Å²) in [6.07, 6.45) is 0. The number of ether oxygens (including phenoxy) is 1. The zero-order chi connectivity index (χ0) is 14.8. The molecule has 104 valence electrons. The van der Waals surface area contributed by atoms with Crippen molar-refractivity contribution in [1.29, 1.82) is 0 Å². The molecule has 0 spiro atoms. The Morgan fingerprint density at radius 2 is 1.81 bits per heavy atom. The van der Waals surface area contributed by atoms with Gasteiger partial charge in [-0.2, -0.15) is 0 Å². The number of thiocarbonyl (C=S) groups is 1. The van der Waals surface area contributed by atoms with E-state index in [1.165, 1.54) is 24.3 Å². The standard InChI is InChI=1S/C16H11FN2OS/c17-10-5-7-11(8-6-10)20-15-9-13(16(18)21)12-3-1-2-4-14(12)19-15/h1-9H,(H2,18,21). The third-order valence-corrected chi connectivity index (χ3v) is 3.21. The van der Waals surface area contributed by atoms with Crippen LogP contribution in [0.15, 0.2) is 54.6 Å². The lowest BCUT2D eigenvalue weighted by atomic mass is 10.1. The third kappa shape index (κ3) is 2.83. The molecule has 21 heavy (non-hydrogen) atoms. The SMILES string of the molecule is NC(=S)c1cc(Oc2ccc(F)cc2)nc2ccccc12. The quantitative estimate of drug-likeness (QED) is 0.747. The molecule has 3 rings (SSSR count). The average molecular weight is 298 g/mol. The molecule has 1 heterocycles. The van der Waals surface area contributed by atoms with Gasteiger partial charge in [-0.05, 0) is 30.3 Å². The normalized spacial score (nSPS) is 10.5. The Bertz CT molecular complexity index is 818. The zero-order valence-electron chi connectivity index (χ0n) is 10.9. The molecule has 3 aromatic rings. The number of hydrogen-bond acceptors (Lipinski definition) is 3. The highest BCUT2D eigenvalue weighted by Gasteiger charge is 2.09. The smallest absolute Gasteiger partial charge is 0.220 e. The lowest BCUT2D eigenvalue weighted by Crippen LogP contribution is -2.10. The number of rotatable bonds is 3. The topological polar surface area (TPSA) is 48.1 Å². The van der Waals surface area contributed by atoms with Crippen LogP contribution in [0, 0.1) is 5.82 Å². The first-order valence-electron chi connectivity index (χ1n) is 6.26. The molecule has 1 aromatic heterocycles. The molecule has 0 aliphatic heterocycles. The van der Waals surface area contributed by atoms with Gasteiger partial charge in [0, 0.05) is 17.0 Å². The number of pyridine rings is 1. The molecular weight excluding hydrogens is 287 g/mol. The number of nitrogens with two attached hydrogens (primary N) is 1. The maximum Gasteiger partial charge on any atom is 0.220 e. The first-order chi connectivity index (χ1) is 10.1. The summed E-state index contributed by atoms with van der Waals surface area (Å²) in [7, 11) is 0. The molecule has 2 aromatic carbocycles. The van der Waals surface area contributed by atoms with E-state index in [9.17, 15) is 4.39 Å². The van der Waals surface area contributed by atoms with E-state index >= 15 is 0 Å². The number of aromatic nitrogens is 1. The van der Waals surface area contributed by atoms with Gasteiger partial charge in [-0.1, -0.05) is 30.4 Å². The Hall–Kier alpha value is -2.53. The van der Waals surface area contributed by atoms with Gasteiger partial charge in [0.15, 0.2) is 0 Å². The summed E-state index contributed by atoms with van der Waals surface area (Å²) >= 11 is 5.08. The van der Waals surface area contributed by atoms with Crippen molar-refractivity contribution in [3.8, 4) is 11.6 Å². The minimum Gasteiger partial charge on any atom is -0.439 e. The molecular formula is C16H11FN2OS. The fourth-order valence-corrected chi connectivity index (χ4v) is 2.20. The van der Waals surface area contributed by atoms with Crippen LogP contribution in [0.3, 0.4) is 0 Å². The summed E-state index contributed by atoms with van der Waals surface area (Å²) in [6, 6.07) is 14.9. The molecule has 0 aliphatic rings. The molecule has 0 saturated heterocycles. The highest BCUT2D eigenvalue weighted by molar-refractivity contribution is 7.80. The highest BCUT2D eigenvalue weighted by Crippen LogP contribution is 2.25. The van der Waals surface area contributed by atoms with E-state index in [4.69, 9.17) is 22.7 Å². The van der Waals surface area contributed by atoms with Crippen LogP contribution in [0.2, 0.25) is 0 Å². The fourth-order valence-electron chi connectivity index (χ4n) is 2.03. The minimum absolute atomic E-state index is 0.276. The average Bonchev–Trinajstić information content (AvgIpc) is 2.48. The van der Waals surface area contributed by atoms with Crippen molar-refractivity contribution < 1.29 is 9.13 Å². The van der Waals surface area contributed by atoms with E-state index in [-0.39, 0.29) is 10.8 Å². The molecule has 0 radical (unpaired) electrons. The second kappa shape index (κ2) is 5.46. The van der Waals surface area contributed by atoms with Gasteiger partial charge in [-0.3, -0.25) is 0 Å². The summed E-state index contributed by atoms with van der Waals surface area (Å²) in [6.45, 7) is 0. The van der Waals surface area contributed by atoms with Crippen LogP contribution in [0.25, 0.3) is 10.9 Å². The van der Waals surface area contributed by atoms with Crippen molar-refractivity contribution in [2.75, 3.05) is 0 Å². The van der Waals surface area contributed by atoms with Gasteiger partial charge in [0.05, 0.1) is 5.52 Å². The van der Waals surface area contributed by atoms with E-state index < -0.39 is 0 Å². The molecule has 0 saturated carbocycles. The fraction of sp³-hybridized carbons (Fsp3) is 0. The Morgan fingerprint density at radius 1 is 1.10 bits per heavy atom. The molecule has 0 amide bonds. The lowest BCUT2D eigenvalue weighted by Gasteiger charge is -2.09. The van der Waals surface area contributed by atoms with E-state index in [2.05, 4.69) is 4.98 Å². The van der Waals surface area contributed by atoms with Gasteiger partial charge in [0.25, 0.3) is 0 Å². The van der Waals surface area contributed by atoms with Crippen LogP contribution in [0.4, 0.5) is 4.39 Å². The largest absolute Gasteiger partial charge is 0.439 e. The van der Waals surface area contributed by atoms with Crippen LogP contribution >= 0.6 is 12.2 Å². The number of fused-ring (bicyclic) bond motifs is 1. The summed E-state index contributed by atoms with van der Waals surface area (Å²) in [5, 5.41) is 0.872. The Balaban J connectivity index is 2.06. The van der Waals surface area contributed by atoms with E-state index in [0.29, 0.717) is 17.2 Å². The molecule has 0 bridgehead atoms. The van der Waals surface area contributed by atoms with Gasteiger partial charge in [-0.15, -0.1) is 0 Å². The van der Waals surface area contributed by atoms with Crippen molar-refractivity contribution >= 4 is 28.1 Å². The van der Waals surface area contributed by atoms with Crippen molar-refractivity contribution in [3.05, 3.63) is 66.0 Å². The molecule has 3 nitrogen and oxygen atoms in total. The number of para-hydroxylation sites is 1. The van der Waals surface area contributed by atoms with Crippen molar-refractivity contribution in [2.45, 2.75) is 0 Å². The molecule has 0 atom stereocenters. The lowest BCUT2D eigenvalue weighted by molar-refractivity contribution is 0.463. The molecule has 5 heteroatoms. The molecule has 2 N–H and O–H groups in total. The second-order valence-electron chi connectivity index (χ2n) is 4.45. The van der Waals surface area contributed by atoms with Gasteiger partial charge in [0.2, 0.25) is 5.88 Å². The molecule has 0 aliphatic carbocycles. The number of nitrogens with zero attached hydrogens (tertiary/aromatic N) is 1. The zero-order valence-corrected chi connectivity index (χ0v) is 11.7. The van der Waals surface area contributed by atoms with Crippen molar-refractivity contribution in [3.63, 3.8) is 0 Å². The van der Waals surface area contributed by atoms with Crippen molar-refractivity contribution in [2.24, 2.45) is 5.73 Å².